The number of carbonyl (C=O) groups excluding carboxylic acids is 1. The molecule has 3 N–H and O–H groups in total. The number of nitrogens with zero attached hydrogens (tertiary/aromatic N) is 2. The second kappa shape index (κ2) is 9.60. The van der Waals surface area contributed by atoms with Crippen molar-refractivity contribution in [2.45, 2.75) is 12.9 Å². The number of hydrogen-bond donors (Lipinski definition) is 3. The zero-order valence-electron chi connectivity index (χ0n) is 17.1. The number of fused-ring (bicyclic) bond motifs is 1. The second-order valence-corrected chi connectivity index (χ2v) is 7.11. The van der Waals surface area contributed by atoms with E-state index < -0.39 is 19.4 Å². The molecule has 0 unspecified atom stereocenters. The van der Waals surface area contributed by atoms with Gasteiger partial charge in [0, 0.05) is 28.8 Å². The van der Waals surface area contributed by atoms with Crippen molar-refractivity contribution in [1.29, 1.82) is 0 Å². The van der Waals surface area contributed by atoms with Gasteiger partial charge in [-0.15, -0.1) is 0 Å². The van der Waals surface area contributed by atoms with E-state index in [-0.39, 0.29) is 11.6 Å². The molecule has 0 radical (unpaired) electrons. The lowest BCUT2D eigenvalue weighted by atomic mass is 10.2. The Morgan fingerprint density at radius 2 is 1.55 bits per heavy atom. The molecule has 0 atom stereocenters. The highest BCUT2D eigenvalue weighted by Gasteiger charge is 2.13. The number of rotatable bonds is 8. The molecule has 4 aromatic rings. The van der Waals surface area contributed by atoms with E-state index in [1.807, 2.05) is 0 Å². The van der Waals surface area contributed by atoms with Crippen LogP contribution >= 0.6 is 0 Å². The van der Waals surface area contributed by atoms with Crippen molar-refractivity contribution in [2.75, 3.05) is 22.5 Å². The maximum atomic E-state index is 13.0. The normalized spacial score (nSPS) is 11.2. The Balaban J connectivity index is 1.40. The quantitative estimate of drug-likeness (QED) is 0.286. The van der Waals surface area contributed by atoms with E-state index in [0.717, 1.165) is 0 Å². The van der Waals surface area contributed by atoms with Crippen LogP contribution in [0.15, 0.2) is 72.9 Å². The lowest BCUT2D eigenvalue weighted by Crippen LogP contribution is -2.13. The molecular formula is C23H19F4N5O. The molecule has 0 saturated heterocycles. The third kappa shape index (κ3) is 5.40. The number of amides is 1. The summed E-state index contributed by atoms with van der Waals surface area (Å²) in [7, 11) is 0. The van der Waals surface area contributed by atoms with Crippen LogP contribution < -0.4 is 16.0 Å². The van der Waals surface area contributed by atoms with Gasteiger partial charge in [-0.25, -0.2) is 22.5 Å². The average Bonchev–Trinajstić information content (AvgIpc) is 3.25. The van der Waals surface area contributed by atoms with Crippen LogP contribution in [0.5, 0.6) is 0 Å². The van der Waals surface area contributed by atoms with Gasteiger partial charge in [0.05, 0.1) is 6.54 Å². The van der Waals surface area contributed by atoms with E-state index >= 15 is 0 Å². The molecule has 0 fully saturated rings. The van der Waals surface area contributed by atoms with Gasteiger partial charge in [-0.2, -0.15) is 0 Å². The maximum absolute atomic E-state index is 13.0. The number of carbonyl (C=O) groups is 1. The molecule has 10 heteroatoms. The Hall–Kier alpha value is -4.08. The fourth-order valence-corrected chi connectivity index (χ4v) is 3.16. The Kier molecular flexibility index (Phi) is 6.43. The van der Waals surface area contributed by atoms with Gasteiger partial charge in [-0.3, -0.25) is 9.20 Å². The summed E-state index contributed by atoms with van der Waals surface area (Å²) in [5.41, 5.74) is 2.19. The third-order valence-electron chi connectivity index (χ3n) is 4.76. The Morgan fingerprint density at radius 1 is 0.879 bits per heavy atom. The molecule has 33 heavy (non-hydrogen) atoms. The van der Waals surface area contributed by atoms with Crippen molar-refractivity contribution >= 4 is 34.4 Å². The minimum Gasteiger partial charge on any atom is -0.379 e. The molecule has 4 rings (SSSR count). The molecule has 2 aromatic heterocycles. The summed E-state index contributed by atoms with van der Waals surface area (Å²) in [5, 5.41) is 8.47. The van der Waals surface area contributed by atoms with Crippen molar-refractivity contribution in [3.63, 3.8) is 0 Å². The van der Waals surface area contributed by atoms with Crippen LogP contribution in [0.25, 0.3) is 5.65 Å². The van der Waals surface area contributed by atoms with Crippen molar-refractivity contribution < 1.29 is 22.4 Å². The topological polar surface area (TPSA) is 70.5 Å². The lowest BCUT2D eigenvalue weighted by Gasteiger charge is -2.11. The van der Waals surface area contributed by atoms with E-state index in [9.17, 15) is 22.4 Å². The van der Waals surface area contributed by atoms with Crippen LogP contribution in [0, 0.1) is 0 Å². The fourth-order valence-electron chi connectivity index (χ4n) is 3.16. The highest BCUT2D eigenvalue weighted by atomic mass is 19.3. The Labute approximate surface area is 186 Å². The van der Waals surface area contributed by atoms with Gasteiger partial charge in [-0.1, -0.05) is 6.07 Å². The largest absolute Gasteiger partial charge is 0.379 e. The number of anilines is 4. The standard InChI is InChI=1S/C23H19F4N5O/c24-19(25)12-28-15-6-4-14(5-7-15)23(33)30-17-10-8-16(9-11-17)29-20-2-1-3-21-31-18(22(26)27)13-32(20)21/h1-11,13,19,22,28-29H,12H2,(H,30,33). The molecule has 2 heterocycles. The fraction of sp³-hybridized carbons (Fsp3) is 0.130. The van der Waals surface area contributed by atoms with Crippen LogP contribution in [0.3, 0.4) is 0 Å². The molecule has 6 nitrogen and oxygen atoms in total. The summed E-state index contributed by atoms with van der Waals surface area (Å²) < 4.78 is 52.0. The van der Waals surface area contributed by atoms with Crippen LogP contribution in [0.2, 0.25) is 0 Å². The van der Waals surface area contributed by atoms with Gasteiger partial charge in [0.15, 0.2) is 0 Å². The summed E-state index contributed by atoms with van der Waals surface area (Å²) in [5.74, 6) is 0.211. The summed E-state index contributed by atoms with van der Waals surface area (Å²) in [4.78, 5) is 16.3. The van der Waals surface area contributed by atoms with Crippen LogP contribution in [-0.2, 0) is 0 Å². The zero-order valence-corrected chi connectivity index (χ0v) is 17.1. The zero-order chi connectivity index (χ0) is 23.4. The predicted molar refractivity (Wildman–Crippen MR) is 119 cm³/mol. The number of pyridine rings is 1. The number of benzene rings is 2. The van der Waals surface area contributed by atoms with Gasteiger partial charge in [0.25, 0.3) is 18.8 Å². The molecule has 0 saturated carbocycles. The number of hydrogen-bond acceptors (Lipinski definition) is 4. The number of aromatic nitrogens is 2. The van der Waals surface area contributed by atoms with E-state index in [4.69, 9.17) is 0 Å². The first-order valence-corrected chi connectivity index (χ1v) is 9.96. The molecule has 1 amide bonds. The van der Waals surface area contributed by atoms with E-state index in [1.54, 1.807) is 66.7 Å². The lowest BCUT2D eigenvalue weighted by molar-refractivity contribution is 0.102. The minimum absolute atomic E-state index is 0.305. The molecule has 0 aliphatic carbocycles. The van der Waals surface area contributed by atoms with Gasteiger partial charge in [0.2, 0.25) is 0 Å². The number of halogens is 4. The van der Waals surface area contributed by atoms with Crippen molar-refractivity contribution in [1.82, 2.24) is 9.38 Å². The highest BCUT2D eigenvalue weighted by Crippen LogP contribution is 2.24. The summed E-state index contributed by atoms with van der Waals surface area (Å²) in [6, 6.07) is 18.1. The SMILES string of the molecule is O=C(Nc1ccc(Nc2cccc3nc(C(F)F)cn23)cc1)c1ccc(NCC(F)F)cc1. The van der Waals surface area contributed by atoms with Crippen LogP contribution in [-0.4, -0.2) is 28.3 Å². The van der Waals surface area contributed by atoms with Crippen LogP contribution in [0.4, 0.5) is 40.4 Å². The van der Waals surface area contributed by atoms with E-state index in [1.165, 1.54) is 10.6 Å². The summed E-state index contributed by atoms with van der Waals surface area (Å²) in [6.07, 6.45) is -3.84. The summed E-state index contributed by atoms with van der Waals surface area (Å²) in [6.45, 7) is -0.464. The molecule has 0 aliphatic rings. The van der Waals surface area contributed by atoms with Gasteiger partial charge < -0.3 is 16.0 Å². The van der Waals surface area contributed by atoms with E-state index in [2.05, 4.69) is 20.9 Å². The van der Waals surface area contributed by atoms with Crippen molar-refractivity contribution in [2.24, 2.45) is 0 Å². The Morgan fingerprint density at radius 3 is 2.21 bits per heavy atom. The number of imidazole rings is 1. The van der Waals surface area contributed by atoms with Crippen molar-refractivity contribution in [3.05, 3.63) is 84.2 Å². The molecule has 170 valence electrons. The van der Waals surface area contributed by atoms with E-state index in [0.29, 0.717) is 34.1 Å². The first kappa shape index (κ1) is 22.1. The molecule has 0 aliphatic heterocycles. The maximum Gasteiger partial charge on any atom is 0.281 e. The van der Waals surface area contributed by atoms with Gasteiger partial charge >= 0.3 is 0 Å². The monoisotopic (exact) mass is 457 g/mol. The first-order valence-electron chi connectivity index (χ1n) is 9.96. The number of nitrogens with one attached hydrogen (secondary N) is 3. The molecule has 2 aromatic carbocycles. The highest BCUT2D eigenvalue weighted by molar-refractivity contribution is 6.04. The predicted octanol–water partition coefficient (Wildman–Crippen LogP) is 5.94. The van der Waals surface area contributed by atoms with Gasteiger partial charge in [0.1, 0.15) is 17.2 Å². The van der Waals surface area contributed by atoms with Crippen LogP contribution in [0.1, 0.15) is 22.5 Å². The first-order chi connectivity index (χ1) is 15.9. The molecule has 0 spiro atoms. The summed E-state index contributed by atoms with van der Waals surface area (Å²) >= 11 is 0. The Bertz CT molecular complexity index is 1240. The third-order valence-corrected chi connectivity index (χ3v) is 4.76. The van der Waals surface area contributed by atoms with Crippen molar-refractivity contribution in [3.8, 4) is 0 Å². The molecule has 0 bridgehead atoms. The minimum atomic E-state index is -2.66. The molecular weight excluding hydrogens is 438 g/mol. The van der Waals surface area contributed by atoms with Gasteiger partial charge in [-0.05, 0) is 60.7 Å². The smallest absolute Gasteiger partial charge is 0.281 e. The second-order valence-electron chi connectivity index (χ2n) is 7.11. The number of alkyl halides is 4. The average molecular weight is 457 g/mol.